The van der Waals surface area contributed by atoms with Gasteiger partial charge in [0.2, 0.25) is 0 Å². The van der Waals surface area contributed by atoms with Gasteiger partial charge in [-0.2, -0.15) is 0 Å². The highest BCUT2D eigenvalue weighted by Gasteiger charge is 2.28. The number of aliphatic hydroxyl groups is 1. The number of halogens is 1. The van der Waals surface area contributed by atoms with Gasteiger partial charge in [-0.05, 0) is 38.0 Å². The SMILES string of the molecule is CC1(O)CCN(c2ccc(/C(N)=N/O)cc2Cl)CC1. The first-order valence-corrected chi connectivity index (χ1v) is 6.55. The molecule has 6 heteroatoms. The number of hydrogen-bond acceptors (Lipinski definition) is 4. The lowest BCUT2D eigenvalue weighted by atomic mass is 9.93. The highest BCUT2D eigenvalue weighted by Crippen LogP contribution is 2.31. The summed E-state index contributed by atoms with van der Waals surface area (Å²) in [5, 5.41) is 22.1. The van der Waals surface area contributed by atoms with E-state index in [0.717, 1.165) is 18.8 Å². The number of rotatable bonds is 2. The summed E-state index contributed by atoms with van der Waals surface area (Å²) >= 11 is 6.24. The van der Waals surface area contributed by atoms with Gasteiger partial charge in [0.05, 0.1) is 16.3 Å². The summed E-state index contributed by atoms with van der Waals surface area (Å²) < 4.78 is 0. The molecular weight excluding hydrogens is 266 g/mol. The van der Waals surface area contributed by atoms with Crippen LogP contribution in [0.3, 0.4) is 0 Å². The van der Waals surface area contributed by atoms with E-state index in [1.54, 1.807) is 12.1 Å². The second-order valence-corrected chi connectivity index (χ2v) is 5.54. The van der Waals surface area contributed by atoms with E-state index in [0.29, 0.717) is 23.4 Å². The van der Waals surface area contributed by atoms with Crippen molar-refractivity contribution in [3.05, 3.63) is 28.8 Å². The second-order valence-electron chi connectivity index (χ2n) is 5.14. The van der Waals surface area contributed by atoms with Crippen LogP contribution in [-0.4, -0.2) is 34.8 Å². The number of anilines is 1. The van der Waals surface area contributed by atoms with E-state index in [-0.39, 0.29) is 5.84 Å². The summed E-state index contributed by atoms with van der Waals surface area (Å²) in [7, 11) is 0. The van der Waals surface area contributed by atoms with Crippen molar-refractivity contribution < 1.29 is 10.3 Å². The third-order valence-corrected chi connectivity index (χ3v) is 3.84. The molecule has 2 rings (SSSR count). The fourth-order valence-corrected chi connectivity index (χ4v) is 2.51. The van der Waals surface area contributed by atoms with E-state index in [1.165, 1.54) is 0 Å². The van der Waals surface area contributed by atoms with Gasteiger partial charge in [0.15, 0.2) is 5.84 Å². The van der Waals surface area contributed by atoms with Gasteiger partial charge < -0.3 is 20.9 Å². The Morgan fingerprint density at radius 2 is 2.05 bits per heavy atom. The van der Waals surface area contributed by atoms with Crippen LogP contribution in [0, 0.1) is 0 Å². The van der Waals surface area contributed by atoms with Gasteiger partial charge in [-0.3, -0.25) is 0 Å². The number of piperidine rings is 1. The van der Waals surface area contributed by atoms with Crippen molar-refractivity contribution in [1.29, 1.82) is 0 Å². The summed E-state index contributed by atoms with van der Waals surface area (Å²) in [6.07, 6.45) is 1.43. The molecule has 104 valence electrons. The molecule has 0 amide bonds. The summed E-state index contributed by atoms with van der Waals surface area (Å²) in [6.45, 7) is 3.37. The van der Waals surface area contributed by atoms with Crippen molar-refractivity contribution in [2.24, 2.45) is 10.9 Å². The van der Waals surface area contributed by atoms with Gasteiger partial charge in [-0.1, -0.05) is 16.8 Å². The van der Waals surface area contributed by atoms with Crippen molar-refractivity contribution in [2.75, 3.05) is 18.0 Å². The molecule has 5 nitrogen and oxygen atoms in total. The molecule has 1 fully saturated rings. The molecule has 1 aliphatic rings. The summed E-state index contributed by atoms with van der Waals surface area (Å²) in [4.78, 5) is 2.14. The molecule has 0 bridgehead atoms. The zero-order valence-electron chi connectivity index (χ0n) is 10.8. The minimum atomic E-state index is -0.586. The third-order valence-electron chi connectivity index (χ3n) is 3.53. The number of hydrogen-bond donors (Lipinski definition) is 3. The average Bonchev–Trinajstić information content (AvgIpc) is 2.38. The maximum absolute atomic E-state index is 9.94. The van der Waals surface area contributed by atoms with Crippen LogP contribution in [-0.2, 0) is 0 Å². The van der Waals surface area contributed by atoms with E-state index >= 15 is 0 Å². The standard InChI is InChI=1S/C13H18ClN3O2/c1-13(18)4-6-17(7-5-13)11-3-2-9(8-10(11)14)12(15)16-19/h2-3,8,18-19H,4-7H2,1H3,(H2,15,16). The highest BCUT2D eigenvalue weighted by molar-refractivity contribution is 6.33. The monoisotopic (exact) mass is 283 g/mol. The molecule has 0 spiro atoms. The summed E-state index contributed by atoms with van der Waals surface area (Å²) in [5.41, 5.74) is 6.43. The predicted molar refractivity (Wildman–Crippen MR) is 76.0 cm³/mol. The van der Waals surface area contributed by atoms with Gasteiger partial charge in [0.25, 0.3) is 0 Å². The van der Waals surface area contributed by atoms with Crippen LogP contribution in [0.5, 0.6) is 0 Å². The highest BCUT2D eigenvalue weighted by atomic mass is 35.5. The minimum Gasteiger partial charge on any atom is -0.409 e. The van der Waals surface area contributed by atoms with Gasteiger partial charge in [0.1, 0.15) is 0 Å². The molecule has 0 saturated carbocycles. The maximum atomic E-state index is 9.94. The van der Waals surface area contributed by atoms with Crippen LogP contribution < -0.4 is 10.6 Å². The second kappa shape index (κ2) is 5.27. The van der Waals surface area contributed by atoms with Crippen LogP contribution in [0.2, 0.25) is 5.02 Å². The molecule has 0 aromatic heterocycles. The molecule has 0 unspecified atom stereocenters. The lowest BCUT2D eigenvalue weighted by Gasteiger charge is -2.37. The van der Waals surface area contributed by atoms with Crippen LogP contribution in [0.4, 0.5) is 5.69 Å². The number of nitrogens with zero attached hydrogens (tertiary/aromatic N) is 2. The first-order chi connectivity index (χ1) is 8.93. The number of nitrogens with two attached hydrogens (primary N) is 1. The Morgan fingerprint density at radius 1 is 1.42 bits per heavy atom. The summed E-state index contributed by atoms with van der Waals surface area (Å²) in [6, 6.07) is 5.30. The zero-order valence-corrected chi connectivity index (χ0v) is 11.6. The minimum absolute atomic E-state index is 0.0371. The van der Waals surface area contributed by atoms with Crippen molar-refractivity contribution in [2.45, 2.75) is 25.4 Å². The van der Waals surface area contributed by atoms with E-state index in [1.807, 2.05) is 13.0 Å². The Hall–Kier alpha value is -1.46. The molecule has 0 atom stereocenters. The van der Waals surface area contributed by atoms with Crippen molar-refractivity contribution in [1.82, 2.24) is 0 Å². The Kier molecular flexibility index (Phi) is 3.87. The molecule has 0 aliphatic carbocycles. The smallest absolute Gasteiger partial charge is 0.170 e. The molecule has 1 aromatic rings. The zero-order chi connectivity index (χ0) is 14.0. The van der Waals surface area contributed by atoms with E-state index in [2.05, 4.69) is 10.1 Å². The lowest BCUT2D eigenvalue weighted by molar-refractivity contribution is 0.0351. The van der Waals surface area contributed by atoms with Gasteiger partial charge in [0, 0.05) is 18.7 Å². The van der Waals surface area contributed by atoms with Crippen molar-refractivity contribution >= 4 is 23.1 Å². The molecule has 0 radical (unpaired) electrons. The number of oxime groups is 1. The molecule has 4 N–H and O–H groups in total. The molecule has 19 heavy (non-hydrogen) atoms. The fraction of sp³-hybridized carbons (Fsp3) is 0.462. The van der Waals surface area contributed by atoms with Crippen molar-refractivity contribution in [3.8, 4) is 0 Å². The predicted octanol–water partition coefficient (Wildman–Crippen LogP) is 1.79. The fourth-order valence-electron chi connectivity index (χ4n) is 2.21. The van der Waals surface area contributed by atoms with Gasteiger partial charge >= 0.3 is 0 Å². The first-order valence-electron chi connectivity index (χ1n) is 6.18. The summed E-state index contributed by atoms with van der Waals surface area (Å²) in [5.74, 6) is 0.0371. The van der Waals surface area contributed by atoms with Crippen LogP contribution >= 0.6 is 11.6 Å². The Bertz CT molecular complexity index is 493. The Morgan fingerprint density at radius 3 is 2.58 bits per heavy atom. The third kappa shape index (κ3) is 3.11. The lowest BCUT2D eigenvalue weighted by Crippen LogP contribution is -2.42. The Balaban J connectivity index is 2.18. The van der Waals surface area contributed by atoms with Gasteiger partial charge in [-0.25, -0.2) is 0 Å². The molecule has 1 aromatic carbocycles. The van der Waals surface area contributed by atoms with Gasteiger partial charge in [-0.15, -0.1) is 0 Å². The first kappa shape index (κ1) is 14.0. The van der Waals surface area contributed by atoms with E-state index in [4.69, 9.17) is 22.5 Å². The van der Waals surface area contributed by atoms with Crippen LogP contribution in [0.25, 0.3) is 0 Å². The number of amidine groups is 1. The topological polar surface area (TPSA) is 82.1 Å². The maximum Gasteiger partial charge on any atom is 0.170 e. The molecule has 1 heterocycles. The molecule has 1 saturated heterocycles. The average molecular weight is 284 g/mol. The molecule has 1 aliphatic heterocycles. The van der Waals surface area contributed by atoms with Crippen LogP contribution in [0.1, 0.15) is 25.3 Å². The Labute approximate surface area is 117 Å². The molecular formula is C13H18ClN3O2. The van der Waals surface area contributed by atoms with Crippen LogP contribution in [0.15, 0.2) is 23.4 Å². The quantitative estimate of drug-likeness (QED) is 0.334. The normalized spacial score (nSPS) is 19.5. The number of benzene rings is 1. The van der Waals surface area contributed by atoms with E-state index in [9.17, 15) is 5.11 Å². The largest absolute Gasteiger partial charge is 0.409 e. The van der Waals surface area contributed by atoms with E-state index < -0.39 is 5.60 Å². The van der Waals surface area contributed by atoms with Crippen molar-refractivity contribution in [3.63, 3.8) is 0 Å².